The van der Waals surface area contributed by atoms with Gasteiger partial charge in [0.1, 0.15) is 6.04 Å². The molecule has 0 aromatic heterocycles. The lowest BCUT2D eigenvalue weighted by atomic mass is 9.70. The molecule has 4 fully saturated rings. The van der Waals surface area contributed by atoms with Crippen LogP contribution in [0.15, 0.2) is 55.6 Å². The van der Waals surface area contributed by atoms with E-state index < -0.39 is 22.6 Å². The second kappa shape index (κ2) is 12.5. The second-order valence-electron chi connectivity index (χ2n) is 11.7. The molecule has 8 heteroatoms. The van der Waals surface area contributed by atoms with E-state index in [2.05, 4.69) is 13.2 Å². The Morgan fingerprint density at radius 3 is 2.45 bits per heavy atom. The third-order valence-electron chi connectivity index (χ3n) is 9.38. The molecular formula is C32H43N3O4S. The first kappa shape index (κ1) is 28.9. The molecule has 1 aliphatic carbocycles. The zero-order chi connectivity index (χ0) is 28.3. The predicted molar refractivity (Wildman–Crippen MR) is 158 cm³/mol. The Morgan fingerprint density at radius 1 is 1.05 bits per heavy atom. The SMILES string of the molecule is C=CCN(Cc1ccccc1)C(=O)[C@@H]1[C@@H]2CCC3(S2)C(C(=O)N(CC=C)C2CCCCC2)N(CCCO)C(=O)[C@H]13. The fourth-order valence-corrected chi connectivity index (χ4v) is 9.91. The van der Waals surface area contributed by atoms with Crippen LogP contribution in [0.3, 0.4) is 0 Å². The van der Waals surface area contributed by atoms with Crippen molar-refractivity contribution in [3.05, 3.63) is 61.2 Å². The minimum Gasteiger partial charge on any atom is -0.396 e. The molecule has 2 unspecified atom stereocenters. The van der Waals surface area contributed by atoms with Crippen LogP contribution in [-0.4, -0.2) is 85.8 Å². The van der Waals surface area contributed by atoms with E-state index in [1.54, 1.807) is 28.8 Å². The van der Waals surface area contributed by atoms with Crippen molar-refractivity contribution in [1.82, 2.24) is 14.7 Å². The van der Waals surface area contributed by atoms with Crippen LogP contribution < -0.4 is 0 Å². The molecule has 5 rings (SSSR count). The number of aliphatic hydroxyl groups excluding tert-OH is 1. The largest absolute Gasteiger partial charge is 0.396 e. The Bertz CT molecular complexity index is 1110. The topological polar surface area (TPSA) is 81.2 Å². The fraction of sp³-hybridized carbons (Fsp3) is 0.594. The van der Waals surface area contributed by atoms with Gasteiger partial charge in [-0.2, -0.15) is 0 Å². The van der Waals surface area contributed by atoms with Crippen LogP contribution in [0.5, 0.6) is 0 Å². The maximum Gasteiger partial charge on any atom is 0.247 e. The maximum absolute atomic E-state index is 14.5. The second-order valence-corrected chi connectivity index (χ2v) is 13.3. The number of hydrogen-bond acceptors (Lipinski definition) is 5. The van der Waals surface area contributed by atoms with E-state index in [0.717, 1.165) is 44.1 Å². The van der Waals surface area contributed by atoms with E-state index in [4.69, 9.17) is 0 Å². The molecule has 3 saturated heterocycles. The van der Waals surface area contributed by atoms with Crippen molar-refractivity contribution in [3.8, 4) is 0 Å². The van der Waals surface area contributed by atoms with Gasteiger partial charge in [0.2, 0.25) is 17.7 Å². The summed E-state index contributed by atoms with van der Waals surface area (Å²) in [7, 11) is 0. The zero-order valence-corrected chi connectivity index (χ0v) is 24.3. The Hall–Kier alpha value is -2.58. The highest BCUT2D eigenvalue weighted by molar-refractivity contribution is 8.02. The van der Waals surface area contributed by atoms with E-state index in [0.29, 0.717) is 32.6 Å². The first-order valence-corrected chi connectivity index (χ1v) is 15.8. The summed E-state index contributed by atoms with van der Waals surface area (Å²) in [5.41, 5.74) is 1.03. The number of thioether (sulfide) groups is 1. The Kier molecular flexibility index (Phi) is 9.05. The molecule has 3 amide bonds. The number of hydrogen-bond donors (Lipinski definition) is 1. The lowest BCUT2D eigenvalue weighted by molar-refractivity contribution is -0.145. The molecule has 1 aromatic carbocycles. The van der Waals surface area contributed by atoms with Gasteiger partial charge in [0.15, 0.2) is 0 Å². The van der Waals surface area contributed by atoms with Crippen molar-refractivity contribution in [2.24, 2.45) is 11.8 Å². The molecule has 3 aliphatic heterocycles. The minimum atomic E-state index is -0.617. The number of carbonyl (C=O) groups excluding carboxylic acids is 3. The third-order valence-corrected chi connectivity index (χ3v) is 11.3. The van der Waals surface area contributed by atoms with E-state index >= 15 is 0 Å². The average molecular weight is 566 g/mol. The number of amides is 3. The van der Waals surface area contributed by atoms with Gasteiger partial charge in [-0.05, 0) is 37.7 Å². The van der Waals surface area contributed by atoms with Gasteiger partial charge >= 0.3 is 0 Å². The van der Waals surface area contributed by atoms with Gasteiger partial charge in [-0.3, -0.25) is 14.4 Å². The van der Waals surface area contributed by atoms with Crippen molar-refractivity contribution < 1.29 is 19.5 Å². The highest BCUT2D eigenvalue weighted by Crippen LogP contribution is 2.66. The van der Waals surface area contributed by atoms with Gasteiger partial charge in [0, 0.05) is 44.1 Å². The lowest BCUT2D eigenvalue weighted by Crippen LogP contribution is -2.57. The number of benzene rings is 1. The van der Waals surface area contributed by atoms with Crippen LogP contribution in [0.1, 0.15) is 56.9 Å². The summed E-state index contributed by atoms with van der Waals surface area (Å²) in [5, 5.41) is 9.67. The van der Waals surface area contributed by atoms with E-state index in [9.17, 15) is 19.5 Å². The van der Waals surface area contributed by atoms with Crippen molar-refractivity contribution >= 4 is 29.5 Å². The molecule has 1 aromatic rings. The predicted octanol–water partition coefficient (Wildman–Crippen LogP) is 4.02. The number of likely N-dealkylation sites (tertiary alicyclic amines) is 1. The van der Waals surface area contributed by atoms with E-state index in [1.807, 2.05) is 40.1 Å². The molecule has 2 bridgehead atoms. The van der Waals surface area contributed by atoms with Crippen molar-refractivity contribution in [2.45, 2.75) is 80.0 Å². The first-order valence-electron chi connectivity index (χ1n) is 14.9. The monoisotopic (exact) mass is 565 g/mol. The van der Waals surface area contributed by atoms with E-state index in [-0.39, 0.29) is 35.6 Å². The van der Waals surface area contributed by atoms with Gasteiger partial charge in [-0.25, -0.2) is 0 Å². The summed E-state index contributed by atoms with van der Waals surface area (Å²) >= 11 is 1.72. The maximum atomic E-state index is 14.5. The molecule has 4 aliphatic rings. The number of fused-ring (bicyclic) bond motifs is 1. The van der Waals surface area contributed by atoms with Gasteiger partial charge in [-0.15, -0.1) is 24.9 Å². The van der Waals surface area contributed by atoms with Crippen LogP contribution >= 0.6 is 11.8 Å². The Morgan fingerprint density at radius 2 is 1.77 bits per heavy atom. The van der Waals surface area contributed by atoms with Crippen LogP contribution in [0.4, 0.5) is 0 Å². The summed E-state index contributed by atoms with van der Waals surface area (Å²) in [6.07, 6.45) is 10.9. The molecule has 3 heterocycles. The average Bonchev–Trinajstić information content (AvgIpc) is 3.62. The van der Waals surface area contributed by atoms with Crippen molar-refractivity contribution in [2.75, 3.05) is 26.2 Å². The molecule has 5 atom stereocenters. The van der Waals surface area contributed by atoms with Crippen LogP contribution in [0.2, 0.25) is 0 Å². The zero-order valence-electron chi connectivity index (χ0n) is 23.5. The number of rotatable bonds is 12. The summed E-state index contributed by atoms with van der Waals surface area (Å²) in [6.45, 7) is 9.41. The molecule has 1 saturated carbocycles. The van der Waals surface area contributed by atoms with E-state index in [1.165, 1.54) is 6.42 Å². The molecule has 1 spiro atoms. The van der Waals surface area contributed by atoms with Crippen LogP contribution in [-0.2, 0) is 20.9 Å². The standard InChI is InChI=1S/C32H43N3O4S/c1-3-18-33(22-23-12-7-5-8-13-23)29(37)26-25-16-17-32(40-25)27(26)30(38)35(20-11-21-36)28(32)31(39)34(19-4-2)24-14-9-6-10-15-24/h3-5,7-8,12-13,24-28,36H,1-2,6,9-11,14-22H2/t25-,26+,27-,28?,32?/m0/s1. The van der Waals surface area contributed by atoms with Gasteiger partial charge in [0.05, 0.1) is 16.6 Å². The van der Waals surface area contributed by atoms with Crippen molar-refractivity contribution in [3.63, 3.8) is 0 Å². The van der Waals surface area contributed by atoms with Crippen molar-refractivity contribution in [1.29, 1.82) is 0 Å². The molecule has 216 valence electrons. The first-order chi connectivity index (χ1) is 19.5. The summed E-state index contributed by atoms with van der Waals surface area (Å²) in [4.78, 5) is 48.5. The van der Waals surface area contributed by atoms with Crippen LogP contribution in [0.25, 0.3) is 0 Å². The quantitative estimate of drug-likeness (QED) is 0.387. The number of aliphatic hydroxyl groups is 1. The fourth-order valence-electron chi connectivity index (χ4n) is 7.71. The summed E-state index contributed by atoms with van der Waals surface area (Å²) in [5.74, 6) is -1.12. The highest BCUT2D eigenvalue weighted by atomic mass is 32.2. The third kappa shape index (κ3) is 5.13. The van der Waals surface area contributed by atoms with Gasteiger partial charge in [-0.1, -0.05) is 61.7 Å². The summed E-state index contributed by atoms with van der Waals surface area (Å²) < 4.78 is -0.616. The minimum absolute atomic E-state index is 0.00549. The molecule has 0 radical (unpaired) electrons. The molecule has 7 nitrogen and oxygen atoms in total. The molecule has 1 N–H and O–H groups in total. The lowest BCUT2D eigenvalue weighted by Gasteiger charge is -2.41. The number of nitrogens with zero attached hydrogens (tertiary/aromatic N) is 3. The summed E-state index contributed by atoms with van der Waals surface area (Å²) in [6, 6.07) is 9.43. The smallest absolute Gasteiger partial charge is 0.247 e. The molecule has 40 heavy (non-hydrogen) atoms. The Labute approximate surface area is 242 Å². The van der Waals surface area contributed by atoms with Gasteiger partial charge in [0.25, 0.3) is 0 Å². The highest BCUT2D eigenvalue weighted by Gasteiger charge is 2.74. The van der Waals surface area contributed by atoms with Crippen LogP contribution in [0, 0.1) is 11.8 Å². The normalized spacial score (nSPS) is 29.3. The van der Waals surface area contributed by atoms with Gasteiger partial charge < -0.3 is 19.8 Å². The Balaban J connectivity index is 1.48. The number of carbonyl (C=O) groups is 3. The molecular weight excluding hydrogens is 522 g/mol.